The van der Waals surface area contributed by atoms with Gasteiger partial charge in [0.2, 0.25) is 0 Å². The number of hydrogen-bond acceptors (Lipinski definition) is 3. The lowest BCUT2D eigenvalue weighted by molar-refractivity contribution is 0.102. The van der Waals surface area contributed by atoms with E-state index in [0.29, 0.717) is 28.6 Å². The molecule has 0 atom stereocenters. The molecule has 1 N–H and O–H groups in total. The molecule has 0 saturated carbocycles. The van der Waals surface area contributed by atoms with E-state index in [1.54, 1.807) is 36.5 Å². The number of benzene rings is 3. The van der Waals surface area contributed by atoms with Crippen LogP contribution in [0.5, 0.6) is 5.75 Å². The first-order chi connectivity index (χ1) is 15.5. The van der Waals surface area contributed by atoms with Crippen LogP contribution >= 0.6 is 27.5 Å². The first-order valence-electron chi connectivity index (χ1n) is 9.73. The van der Waals surface area contributed by atoms with Crippen LogP contribution in [0.25, 0.3) is 0 Å². The highest BCUT2D eigenvalue weighted by Gasteiger charge is 2.11. The lowest BCUT2D eigenvalue weighted by atomic mass is 10.1. The van der Waals surface area contributed by atoms with Gasteiger partial charge in [0.15, 0.2) is 5.82 Å². The van der Waals surface area contributed by atoms with Crippen molar-refractivity contribution in [1.29, 1.82) is 0 Å². The van der Waals surface area contributed by atoms with E-state index < -0.39 is 5.82 Å². The van der Waals surface area contributed by atoms with Crippen molar-refractivity contribution in [3.63, 3.8) is 0 Å². The molecule has 5 nitrogen and oxygen atoms in total. The largest absolute Gasteiger partial charge is 0.488 e. The molecule has 0 aliphatic carbocycles. The maximum Gasteiger partial charge on any atom is 0.256 e. The molecular weight excluding hydrogens is 497 g/mol. The average Bonchev–Trinajstić information content (AvgIpc) is 3.23. The number of para-hydroxylation sites is 1. The van der Waals surface area contributed by atoms with Gasteiger partial charge in [-0.2, -0.15) is 5.10 Å². The van der Waals surface area contributed by atoms with Crippen LogP contribution in [0.1, 0.15) is 21.5 Å². The molecule has 1 aromatic heterocycles. The minimum atomic E-state index is -0.401. The van der Waals surface area contributed by atoms with Crippen molar-refractivity contribution in [2.75, 3.05) is 5.32 Å². The number of halogens is 3. The number of amides is 1. The number of nitrogens with one attached hydrogen (secondary N) is 1. The van der Waals surface area contributed by atoms with Crippen LogP contribution in [-0.4, -0.2) is 15.7 Å². The van der Waals surface area contributed by atoms with Gasteiger partial charge in [-0.1, -0.05) is 41.9 Å². The van der Waals surface area contributed by atoms with Crippen molar-refractivity contribution >= 4 is 39.3 Å². The van der Waals surface area contributed by atoms with E-state index in [1.165, 1.54) is 10.7 Å². The molecule has 0 spiro atoms. The Morgan fingerprint density at radius 3 is 2.59 bits per heavy atom. The summed E-state index contributed by atoms with van der Waals surface area (Å²) in [7, 11) is 0. The van der Waals surface area contributed by atoms with Crippen LogP contribution in [0.4, 0.5) is 10.2 Å². The molecule has 4 rings (SSSR count). The number of nitrogens with zero attached hydrogens (tertiary/aromatic N) is 2. The molecule has 162 valence electrons. The minimum absolute atomic E-state index is 0.160. The van der Waals surface area contributed by atoms with Gasteiger partial charge >= 0.3 is 0 Å². The molecular formula is C24H18BrClFN3O2. The summed E-state index contributed by atoms with van der Waals surface area (Å²) in [5.41, 5.74) is 1.76. The van der Waals surface area contributed by atoms with E-state index >= 15 is 0 Å². The normalized spacial score (nSPS) is 10.7. The monoisotopic (exact) mass is 513 g/mol. The van der Waals surface area contributed by atoms with E-state index in [-0.39, 0.29) is 12.5 Å². The summed E-state index contributed by atoms with van der Waals surface area (Å²) in [4.78, 5) is 12.5. The molecule has 3 aromatic carbocycles. The lowest BCUT2D eigenvalue weighted by Gasteiger charge is -2.09. The molecule has 0 saturated heterocycles. The summed E-state index contributed by atoms with van der Waals surface area (Å²) in [6.45, 7) is 0.543. The predicted octanol–water partition coefficient (Wildman–Crippen LogP) is 6.32. The minimum Gasteiger partial charge on any atom is -0.488 e. The molecule has 1 amide bonds. The predicted molar refractivity (Wildman–Crippen MR) is 126 cm³/mol. The number of anilines is 1. The summed E-state index contributed by atoms with van der Waals surface area (Å²) in [6.07, 6.45) is 1.65. The zero-order chi connectivity index (χ0) is 22.5. The van der Waals surface area contributed by atoms with Gasteiger partial charge in [-0.3, -0.25) is 9.48 Å². The highest BCUT2D eigenvalue weighted by atomic mass is 79.9. The van der Waals surface area contributed by atoms with E-state index in [9.17, 15) is 9.18 Å². The maximum absolute atomic E-state index is 14.0. The molecule has 1 heterocycles. The van der Waals surface area contributed by atoms with Gasteiger partial charge in [-0.15, -0.1) is 0 Å². The summed E-state index contributed by atoms with van der Waals surface area (Å²) >= 11 is 9.51. The van der Waals surface area contributed by atoms with Gasteiger partial charge in [0.1, 0.15) is 18.2 Å². The molecule has 0 aliphatic heterocycles. The highest BCUT2D eigenvalue weighted by molar-refractivity contribution is 9.10. The standard InChI is InChI=1S/C24H18BrClFN3O2/c25-19-4-1-2-7-22(19)32-15-16-8-10-17(11-9-16)24(31)28-23-12-13-30(29-23)14-18-20(26)5-3-6-21(18)27/h1-13H,14-15H2,(H,28,29,31). The van der Waals surface area contributed by atoms with Crippen molar-refractivity contribution in [2.24, 2.45) is 0 Å². The summed E-state index contributed by atoms with van der Waals surface area (Å²) in [5.74, 6) is 0.421. The molecule has 32 heavy (non-hydrogen) atoms. The number of carbonyl (C=O) groups is 1. The second-order valence-corrected chi connectivity index (χ2v) is 8.23. The topological polar surface area (TPSA) is 56.2 Å². The highest BCUT2D eigenvalue weighted by Crippen LogP contribution is 2.25. The van der Waals surface area contributed by atoms with Gasteiger partial charge in [0.25, 0.3) is 5.91 Å². The fraction of sp³-hybridized carbons (Fsp3) is 0.0833. The Morgan fingerprint density at radius 2 is 1.84 bits per heavy atom. The summed E-state index contributed by atoms with van der Waals surface area (Å²) < 4.78 is 22.2. The third-order valence-corrected chi connectivity index (χ3v) is 5.72. The number of rotatable bonds is 7. The van der Waals surface area contributed by atoms with E-state index in [2.05, 4.69) is 26.3 Å². The number of ether oxygens (including phenoxy) is 1. The zero-order valence-corrected chi connectivity index (χ0v) is 19.1. The van der Waals surface area contributed by atoms with Crippen LogP contribution < -0.4 is 10.1 Å². The van der Waals surface area contributed by atoms with Crippen molar-refractivity contribution in [2.45, 2.75) is 13.2 Å². The molecule has 0 fully saturated rings. The molecule has 0 bridgehead atoms. The fourth-order valence-electron chi connectivity index (χ4n) is 3.03. The van der Waals surface area contributed by atoms with Crippen LogP contribution in [0, 0.1) is 5.82 Å². The van der Waals surface area contributed by atoms with E-state index in [0.717, 1.165) is 15.8 Å². The second-order valence-electron chi connectivity index (χ2n) is 6.97. The van der Waals surface area contributed by atoms with Crippen LogP contribution in [-0.2, 0) is 13.2 Å². The SMILES string of the molecule is O=C(Nc1ccn(Cc2c(F)cccc2Cl)n1)c1ccc(COc2ccccc2Br)cc1. The first-order valence-corrected chi connectivity index (χ1v) is 10.9. The Balaban J connectivity index is 1.35. The van der Waals surface area contributed by atoms with Crippen molar-refractivity contribution < 1.29 is 13.9 Å². The van der Waals surface area contributed by atoms with Gasteiger partial charge in [-0.25, -0.2) is 4.39 Å². The molecule has 0 unspecified atom stereocenters. The van der Waals surface area contributed by atoms with Gasteiger partial charge in [0, 0.05) is 28.4 Å². The summed E-state index contributed by atoms with van der Waals surface area (Å²) in [5, 5.41) is 7.35. The number of hydrogen-bond donors (Lipinski definition) is 1. The molecule has 4 aromatic rings. The quantitative estimate of drug-likeness (QED) is 0.314. The number of carbonyl (C=O) groups excluding carboxylic acids is 1. The molecule has 0 radical (unpaired) electrons. The third-order valence-electron chi connectivity index (χ3n) is 4.71. The van der Waals surface area contributed by atoms with Crippen molar-refractivity contribution in [3.05, 3.63) is 111 Å². The lowest BCUT2D eigenvalue weighted by Crippen LogP contribution is -2.13. The Kier molecular flexibility index (Phi) is 6.87. The Morgan fingerprint density at radius 1 is 1.06 bits per heavy atom. The second kappa shape index (κ2) is 9.97. The zero-order valence-electron chi connectivity index (χ0n) is 16.8. The summed E-state index contributed by atoms with van der Waals surface area (Å²) in [6, 6.07) is 20.9. The molecule has 0 aliphatic rings. The first kappa shape index (κ1) is 22.0. The van der Waals surface area contributed by atoms with Crippen molar-refractivity contribution in [1.82, 2.24) is 9.78 Å². The fourth-order valence-corrected chi connectivity index (χ4v) is 3.65. The van der Waals surface area contributed by atoms with Crippen molar-refractivity contribution in [3.8, 4) is 5.75 Å². The molecule has 8 heteroatoms. The average molecular weight is 515 g/mol. The van der Waals surface area contributed by atoms with E-state index in [1.807, 2.05) is 36.4 Å². The van der Waals surface area contributed by atoms with Crippen LogP contribution in [0.15, 0.2) is 83.5 Å². The maximum atomic E-state index is 14.0. The van der Waals surface area contributed by atoms with Crippen LogP contribution in [0.3, 0.4) is 0 Å². The third kappa shape index (κ3) is 5.36. The Bertz CT molecular complexity index is 1220. The van der Waals surface area contributed by atoms with Gasteiger partial charge < -0.3 is 10.1 Å². The number of aromatic nitrogens is 2. The van der Waals surface area contributed by atoms with Gasteiger partial charge in [-0.05, 0) is 57.9 Å². The van der Waals surface area contributed by atoms with Gasteiger partial charge in [0.05, 0.1) is 11.0 Å². The van der Waals surface area contributed by atoms with Crippen LogP contribution in [0.2, 0.25) is 5.02 Å². The van der Waals surface area contributed by atoms with E-state index in [4.69, 9.17) is 16.3 Å². The Hall–Kier alpha value is -3.16. The Labute approximate surface area is 197 Å². The smallest absolute Gasteiger partial charge is 0.256 e.